The van der Waals surface area contributed by atoms with E-state index in [9.17, 15) is 0 Å². The lowest BCUT2D eigenvalue weighted by molar-refractivity contribution is -0.562. The molecule has 0 aliphatic carbocycles. The highest BCUT2D eigenvalue weighted by molar-refractivity contribution is 5.50. The van der Waals surface area contributed by atoms with Gasteiger partial charge in [-0.2, -0.15) is 0 Å². The number of hydrogen-bond acceptors (Lipinski definition) is 0. The first-order valence-corrected chi connectivity index (χ1v) is 4.49. The van der Waals surface area contributed by atoms with E-state index in [2.05, 4.69) is 52.0 Å². The molecule has 11 heavy (non-hydrogen) atoms. The van der Waals surface area contributed by atoms with Crippen molar-refractivity contribution in [2.75, 3.05) is 0 Å². The maximum atomic E-state index is 2.30. The minimum atomic E-state index is 0.282. The average Bonchev–Trinajstić information content (AvgIpc) is 2.00. The van der Waals surface area contributed by atoms with Gasteiger partial charge in [0.25, 0.3) is 0 Å². The fourth-order valence-corrected chi connectivity index (χ4v) is 1.08. The zero-order valence-corrected chi connectivity index (χ0v) is 8.52. The Balaban J connectivity index is 4.36. The van der Waals surface area contributed by atoms with Gasteiger partial charge in [0, 0.05) is 19.2 Å². The zero-order valence-electron chi connectivity index (χ0n) is 8.52. The van der Waals surface area contributed by atoms with Gasteiger partial charge in [0.2, 0.25) is 0 Å². The SMILES string of the molecule is C[CH-][N+](=CCC)C(C)(C)CC. The monoisotopic (exact) mass is 155 g/mol. The van der Waals surface area contributed by atoms with E-state index >= 15 is 0 Å². The molecule has 0 aliphatic rings. The van der Waals surface area contributed by atoms with Gasteiger partial charge in [0.05, 0.1) is 0 Å². The summed E-state index contributed by atoms with van der Waals surface area (Å²) < 4.78 is 2.30. The molecule has 0 aliphatic heterocycles. The summed E-state index contributed by atoms with van der Waals surface area (Å²) in [5, 5.41) is 0. The van der Waals surface area contributed by atoms with Crippen LogP contribution >= 0.6 is 0 Å². The molecule has 0 N–H and O–H groups in total. The van der Waals surface area contributed by atoms with Crippen LogP contribution < -0.4 is 0 Å². The van der Waals surface area contributed by atoms with E-state index in [0.29, 0.717) is 0 Å². The zero-order chi connectivity index (χ0) is 8.91. The van der Waals surface area contributed by atoms with Gasteiger partial charge in [-0.1, -0.05) is 20.8 Å². The first-order valence-electron chi connectivity index (χ1n) is 4.49. The smallest absolute Gasteiger partial charge is 0.129 e. The van der Waals surface area contributed by atoms with Crippen LogP contribution in [0.2, 0.25) is 0 Å². The third kappa shape index (κ3) is 2.96. The summed E-state index contributed by atoms with van der Waals surface area (Å²) in [6.45, 7) is 13.1. The molecule has 0 aromatic carbocycles. The summed E-state index contributed by atoms with van der Waals surface area (Å²) in [6, 6.07) is 0. The van der Waals surface area contributed by atoms with Crippen molar-refractivity contribution in [2.45, 2.75) is 53.0 Å². The van der Waals surface area contributed by atoms with Gasteiger partial charge < -0.3 is 4.58 Å². The highest BCUT2D eigenvalue weighted by Gasteiger charge is 2.20. The Morgan fingerprint density at radius 2 is 1.91 bits per heavy atom. The van der Waals surface area contributed by atoms with E-state index in [0.717, 1.165) is 6.42 Å². The third-order valence-corrected chi connectivity index (χ3v) is 2.22. The Hall–Kier alpha value is -0.460. The molecule has 0 aromatic rings. The summed E-state index contributed by atoms with van der Waals surface area (Å²) in [5.41, 5.74) is 0.282. The van der Waals surface area contributed by atoms with Gasteiger partial charge in [-0.25, -0.2) is 0 Å². The third-order valence-electron chi connectivity index (χ3n) is 2.22. The van der Waals surface area contributed by atoms with Gasteiger partial charge in [0.1, 0.15) is 5.54 Å². The van der Waals surface area contributed by atoms with Crippen LogP contribution in [0, 0.1) is 6.54 Å². The molecule has 0 fully saturated rings. The molecule has 0 bridgehead atoms. The molecule has 0 unspecified atom stereocenters. The molecule has 0 atom stereocenters. The maximum absolute atomic E-state index is 2.30. The maximum Gasteiger partial charge on any atom is 0.129 e. The summed E-state index contributed by atoms with van der Waals surface area (Å²) in [5.74, 6) is 0. The van der Waals surface area contributed by atoms with Crippen molar-refractivity contribution in [3.05, 3.63) is 6.54 Å². The Labute approximate surface area is 71.1 Å². The fraction of sp³-hybridized carbons (Fsp3) is 0.800. The minimum Gasteiger partial charge on any atom is -0.365 e. The van der Waals surface area contributed by atoms with Crippen LogP contribution in [0.1, 0.15) is 47.5 Å². The minimum absolute atomic E-state index is 0.282. The molecule has 0 radical (unpaired) electrons. The summed E-state index contributed by atoms with van der Waals surface area (Å²) in [7, 11) is 0. The molecule has 0 saturated carbocycles. The second-order valence-electron chi connectivity index (χ2n) is 3.42. The van der Waals surface area contributed by atoms with E-state index < -0.39 is 0 Å². The second-order valence-corrected chi connectivity index (χ2v) is 3.42. The van der Waals surface area contributed by atoms with Crippen molar-refractivity contribution in [1.29, 1.82) is 0 Å². The highest BCUT2D eigenvalue weighted by Crippen LogP contribution is 2.13. The molecular formula is C10H21N. The van der Waals surface area contributed by atoms with Gasteiger partial charge >= 0.3 is 0 Å². The summed E-state index contributed by atoms with van der Waals surface area (Å²) >= 11 is 0. The van der Waals surface area contributed by atoms with E-state index in [1.165, 1.54) is 6.42 Å². The number of hydrogen-bond donors (Lipinski definition) is 0. The molecular weight excluding hydrogens is 134 g/mol. The van der Waals surface area contributed by atoms with Crippen molar-refractivity contribution < 1.29 is 4.58 Å². The topological polar surface area (TPSA) is 3.01 Å². The predicted octanol–water partition coefficient (Wildman–Crippen LogP) is 2.85. The fourth-order valence-electron chi connectivity index (χ4n) is 1.08. The Morgan fingerprint density at radius 3 is 2.18 bits per heavy atom. The molecule has 0 spiro atoms. The van der Waals surface area contributed by atoms with Crippen LogP contribution in [-0.2, 0) is 0 Å². The molecule has 0 saturated heterocycles. The van der Waals surface area contributed by atoms with Crippen molar-refractivity contribution in [1.82, 2.24) is 0 Å². The Bertz CT molecular complexity index is 134. The first kappa shape index (κ1) is 10.5. The largest absolute Gasteiger partial charge is 0.365 e. The van der Waals surface area contributed by atoms with Crippen LogP contribution in [0.5, 0.6) is 0 Å². The van der Waals surface area contributed by atoms with Crippen molar-refractivity contribution >= 4 is 6.21 Å². The lowest BCUT2D eigenvalue weighted by atomic mass is 10.0. The lowest BCUT2D eigenvalue weighted by Gasteiger charge is -2.26. The number of rotatable bonds is 4. The number of nitrogens with zero attached hydrogens (tertiary/aromatic N) is 1. The van der Waals surface area contributed by atoms with Crippen LogP contribution in [0.4, 0.5) is 0 Å². The quantitative estimate of drug-likeness (QED) is 0.333. The van der Waals surface area contributed by atoms with Gasteiger partial charge in [-0.15, -0.1) is 0 Å². The Kier molecular flexibility index (Phi) is 4.24. The van der Waals surface area contributed by atoms with Crippen molar-refractivity contribution in [3.8, 4) is 0 Å². The van der Waals surface area contributed by atoms with Crippen LogP contribution in [0.3, 0.4) is 0 Å². The standard InChI is InChI=1S/C10H21N/c1-6-9-11(8-3)10(4,5)7-2/h8-9H,6-7H2,1-5H3. The van der Waals surface area contributed by atoms with E-state index in [-0.39, 0.29) is 5.54 Å². The van der Waals surface area contributed by atoms with Crippen molar-refractivity contribution in [2.24, 2.45) is 0 Å². The van der Waals surface area contributed by atoms with E-state index in [1.54, 1.807) is 0 Å². The molecule has 0 rings (SSSR count). The molecule has 0 heterocycles. The molecule has 1 heteroatoms. The van der Waals surface area contributed by atoms with E-state index in [1.807, 2.05) is 0 Å². The normalized spacial score (nSPS) is 13.4. The van der Waals surface area contributed by atoms with Gasteiger partial charge in [0.15, 0.2) is 0 Å². The van der Waals surface area contributed by atoms with E-state index in [4.69, 9.17) is 0 Å². The van der Waals surface area contributed by atoms with Gasteiger partial charge in [-0.3, -0.25) is 0 Å². The van der Waals surface area contributed by atoms with Gasteiger partial charge in [-0.05, 0) is 20.3 Å². The molecule has 0 aromatic heterocycles. The van der Waals surface area contributed by atoms with Crippen LogP contribution in [0.15, 0.2) is 0 Å². The second kappa shape index (κ2) is 4.42. The van der Waals surface area contributed by atoms with Crippen molar-refractivity contribution in [3.63, 3.8) is 0 Å². The molecule has 1 nitrogen and oxygen atoms in total. The summed E-state index contributed by atoms with van der Waals surface area (Å²) in [6.07, 6.45) is 4.52. The first-order chi connectivity index (χ1) is 5.08. The van der Waals surface area contributed by atoms with Crippen LogP contribution in [0.25, 0.3) is 0 Å². The predicted molar refractivity (Wildman–Crippen MR) is 51.0 cm³/mol. The average molecular weight is 155 g/mol. The summed E-state index contributed by atoms with van der Waals surface area (Å²) in [4.78, 5) is 0. The van der Waals surface area contributed by atoms with Crippen LogP contribution in [-0.4, -0.2) is 16.3 Å². The molecule has 0 amide bonds. The Morgan fingerprint density at radius 1 is 1.36 bits per heavy atom. The lowest BCUT2D eigenvalue weighted by Crippen LogP contribution is -2.34. The highest BCUT2D eigenvalue weighted by atomic mass is 15.1. The molecule has 66 valence electrons.